The molecular weight excluding hydrogens is 263 g/mol. The van der Waals surface area contributed by atoms with E-state index in [1.807, 2.05) is 6.07 Å². The van der Waals surface area contributed by atoms with Crippen molar-refractivity contribution in [3.63, 3.8) is 0 Å². The van der Waals surface area contributed by atoms with Gasteiger partial charge >= 0.3 is 0 Å². The molecule has 1 saturated heterocycles. The summed E-state index contributed by atoms with van der Waals surface area (Å²) in [5, 5.41) is 3.33. The second-order valence-corrected chi connectivity index (χ2v) is 6.48. The van der Waals surface area contributed by atoms with E-state index in [1.165, 1.54) is 12.8 Å². The predicted molar refractivity (Wildman–Crippen MR) is 88.2 cm³/mol. The summed E-state index contributed by atoms with van der Waals surface area (Å²) in [6.45, 7) is 10.4. The number of halogens is 1. The number of benzene rings is 1. The van der Waals surface area contributed by atoms with Crippen LogP contribution in [0.1, 0.15) is 45.6 Å². The molecule has 0 saturated carbocycles. The zero-order valence-corrected chi connectivity index (χ0v) is 13.7. The van der Waals surface area contributed by atoms with Gasteiger partial charge in [0.25, 0.3) is 0 Å². The van der Waals surface area contributed by atoms with E-state index in [0.29, 0.717) is 6.54 Å². The summed E-state index contributed by atoms with van der Waals surface area (Å²) < 4.78 is 14.2. The van der Waals surface area contributed by atoms with Crippen molar-refractivity contribution in [2.75, 3.05) is 24.5 Å². The molecule has 1 N–H and O–H groups in total. The van der Waals surface area contributed by atoms with E-state index >= 15 is 0 Å². The Labute approximate surface area is 128 Å². The summed E-state index contributed by atoms with van der Waals surface area (Å²) in [6.07, 6.45) is 3.51. The number of rotatable bonds is 6. The third-order valence-corrected chi connectivity index (χ3v) is 4.65. The van der Waals surface area contributed by atoms with Gasteiger partial charge in [-0.25, -0.2) is 4.39 Å². The molecule has 1 aliphatic rings. The molecule has 0 amide bonds. The van der Waals surface area contributed by atoms with Crippen LogP contribution in [0.4, 0.5) is 10.1 Å². The molecular formula is C18H29FN2. The summed E-state index contributed by atoms with van der Waals surface area (Å²) in [6, 6.07) is 5.48. The minimum Gasteiger partial charge on any atom is -0.371 e. The fourth-order valence-electron chi connectivity index (χ4n) is 3.22. The molecule has 0 aromatic heterocycles. The van der Waals surface area contributed by atoms with E-state index < -0.39 is 0 Å². The van der Waals surface area contributed by atoms with Gasteiger partial charge in [0.05, 0.1) is 0 Å². The molecule has 118 valence electrons. The van der Waals surface area contributed by atoms with Crippen molar-refractivity contribution in [1.82, 2.24) is 5.32 Å². The summed E-state index contributed by atoms with van der Waals surface area (Å²) in [4.78, 5) is 2.37. The fraction of sp³-hybridized carbons (Fsp3) is 0.667. The third-order valence-electron chi connectivity index (χ3n) is 4.65. The Kier molecular flexibility index (Phi) is 6.04. The van der Waals surface area contributed by atoms with Crippen molar-refractivity contribution < 1.29 is 4.39 Å². The Hall–Kier alpha value is -1.09. The summed E-state index contributed by atoms with van der Waals surface area (Å²) in [7, 11) is 0. The maximum atomic E-state index is 14.2. The van der Waals surface area contributed by atoms with Crippen molar-refractivity contribution in [2.45, 2.75) is 46.6 Å². The van der Waals surface area contributed by atoms with E-state index in [2.05, 4.69) is 37.1 Å². The fourth-order valence-corrected chi connectivity index (χ4v) is 3.22. The first kappa shape index (κ1) is 16.3. The van der Waals surface area contributed by atoms with Gasteiger partial charge in [0.15, 0.2) is 0 Å². The first-order chi connectivity index (χ1) is 10.1. The second-order valence-electron chi connectivity index (χ2n) is 6.48. The molecule has 0 radical (unpaired) electrons. The number of anilines is 1. The molecule has 1 fully saturated rings. The van der Waals surface area contributed by atoms with E-state index in [9.17, 15) is 4.39 Å². The Morgan fingerprint density at radius 2 is 2.00 bits per heavy atom. The summed E-state index contributed by atoms with van der Waals surface area (Å²) >= 11 is 0. The highest BCUT2D eigenvalue weighted by atomic mass is 19.1. The molecule has 21 heavy (non-hydrogen) atoms. The Morgan fingerprint density at radius 3 is 2.62 bits per heavy atom. The first-order valence-electron chi connectivity index (χ1n) is 8.36. The number of nitrogens with one attached hydrogen (secondary N) is 1. The molecule has 1 aromatic rings. The van der Waals surface area contributed by atoms with Crippen molar-refractivity contribution in [2.24, 2.45) is 11.8 Å². The number of piperidine rings is 1. The molecule has 0 aliphatic carbocycles. The largest absolute Gasteiger partial charge is 0.371 e. The molecule has 0 atom stereocenters. The van der Waals surface area contributed by atoms with Crippen LogP contribution >= 0.6 is 0 Å². The van der Waals surface area contributed by atoms with Crippen LogP contribution in [0.25, 0.3) is 0 Å². The molecule has 1 aromatic carbocycles. The van der Waals surface area contributed by atoms with Crippen LogP contribution in [0, 0.1) is 17.7 Å². The lowest BCUT2D eigenvalue weighted by atomic mass is 9.86. The highest BCUT2D eigenvalue weighted by Crippen LogP contribution is 2.30. The van der Waals surface area contributed by atoms with E-state index in [1.54, 1.807) is 6.07 Å². The van der Waals surface area contributed by atoms with Crippen LogP contribution < -0.4 is 10.2 Å². The molecule has 2 rings (SSSR count). The molecule has 1 heterocycles. The predicted octanol–water partition coefficient (Wildman–Crippen LogP) is 4.20. The van der Waals surface area contributed by atoms with Crippen LogP contribution in [0.2, 0.25) is 0 Å². The third kappa shape index (κ3) is 4.19. The Balaban J connectivity index is 2.07. The van der Waals surface area contributed by atoms with Gasteiger partial charge in [0.1, 0.15) is 5.82 Å². The van der Waals surface area contributed by atoms with Gasteiger partial charge in [0.2, 0.25) is 0 Å². The average molecular weight is 292 g/mol. The van der Waals surface area contributed by atoms with Crippen LogP contribution in [-0.2, 0) is 6.54 Å². The van der Waals surface area contributed by atoms with E-state index in [-0.39, 0.29) is 5.82 Å². The van der Waals surface area contributed by atoms with Gasteiger partial charge in [-0.2, -0.15) is 0 Å². The van der Waals surface area contributed by atoms with Gasteiger partial charge in [-0.3, -0.25) is 0 Å². The quantitative estimate of drug-likeness (QED) is 0.791. The van der Waals surface area contributed by atoms with Crippen molar-refractivity contribution in [1.29, 1.82) is 0 Å². The number of nitrogens with zero attached hydrogens (tertiary/aromatic N) is 1. The molecule has 3 heteroatoms. The van der Waals surface area contributed by atoms with E-state index in [0.717, 1.165) is 49.1 Å². The lowest BCUT2D eigenvalue weighted by molar-refractivity contribution is 0.311. The summed E-state index contributed by atoms with van der Waals surface area (Å²) in [5.74, 6) is 1.49. The van der Waals surface area contributed by atoms with Gasteiger partial charge in [-0.15, -0.1) is 0 Å². The van der Waals surface area contributed by atoms with E-state index in [4.69, 9.17) is 0 Å². The zero-order chi connectivity index (χ0) is 15.2. The summed E-state index contributed by atoms with van der Waals surface area (Å²) in [5.41, 5.74) is 1.91. The maximum Gasteiger partial charge on any atom is 0.129 e. The van der Waals surface area contributed by atoms with Crippen molar-refractivity contribution >= 4 is 5.69 Å². The number of hydrogen-bond donors (Lipinski definition) is 1. The Bertz CT molecular complexity index is 437. The smallest absolute Gasteiger partial charge is 0.129 e. The average Bonchev–Trinajstić information content (AvgIpc) is 2.49. The number of hydrogen-bond acceptors (Lipinski definition) is 2. The molecule has 0 spiro atoms. The lowest BCUT2D eigenvalue weighted by Crippen LogP contribution is -2.36. The topological polar surface area (TPSA) is 15.3 Å². The molecule has 0 unspecified atom stereocenters. The van der Waals surface area contributed by atoms with Crippen LogP contribution in [0.15, 0.2) is 18.2 Å². The maximum absolute atomic E-state index is 14.2. The van der Waals surface area contributed by atoms with Gasteiger partial charge < -0.3 is 10.2 Å². The van der Waals surface area contributed by atoms with Crippen molar-refractivity contribution in [3.05, 3.63) is 29.6 Å². The van der Waals surface area contributed by atoms with Gasteiger partial charge in [-0.05, 0) is 49.8 Å². The van der Waals surface area contributed by atoms with Gasteiger partial charge in [-0.1, -0.05) is 26.8 Å². The standard InChI is InChI=1S/C18H29FN2/c1-4-10-20-13-16-17(19)6-5-7-18(16)21-11-8-15(9-12-21)14(2)3/h5-7,14-15,20H,4,8-13H2,1-3H3. The zero-order valence-electron chi connectivity index (χ0n) is 13.7. The molecule has 0 bridgehead atoms. The SMILES string of the molecule is CCCNCc1c(F)cccc1N1CCC(C(C)C)CC1. The Morgan fingerprint density at radius 1 is 1.29 bits per heavy atom. The second kappa shape index (κ2) is 7.79. The van der Waals surface area contributed by atoms with Gasteiger partial charge in [0, 0.05) is 30.9 Å². The minimum atomic E-state index is -0.0814. The first-order valence-corrected chi connectivity index (χ1v) is 8.36. The lowest BCUT2D eigenvalue weighted by Gasteiger charge is -2.36. The molecule has 2 nitrogen and oxygen atoms in total. The van der Waals surface area contributed by atoms with Crippen molar-refractivity contribution in [3.8, 4) is 0 Å². The monoisotopic (exact) mass is 292 g/mol. The normalized spacial score (nSPS) is 16.7. The van der Waals surface area contributed by atoms with Crippen LogP contribution in [0.5, 0.6) is 0 Å². The minimum absolute atomic E-state index is 0.0814. The van der Waals surface area contributed by atoms with Crippen LogP contribution in [0.3, 0.4) is 0 Å². The molecule has 1 aliphatic heterocycles. The van der Waals surface area contributed by atoms with Crippen LogP contribution in [-0.4, -0.2) is 19.6 Å². The highest BCUT2D eigenvalue weighted by molar-refractivity contribution is 5.54. The highest BCUT2D eigenvalue weighted by Gasteiger charge is 2.23.